The van der Waals surface area contributed by atoms with Gasteiger partial charge in [-0.1, -0.05) is 25.0 Å². The zero-order valence-electron chi connectivity index (χ0n) is 23.4. The number of hydrogen-bond donors (Lipinski definition) is 3. The van der Waals surface area contributed by atoms with Crippen molar-refractivity contribution in [2.24, 2.45) is 5.92 Å². The van der Waals surface area contributed by atoms with Gasteiger partial charge in [0.05, 0.1) is 4.75 Å². The van der Waals surface area contributed by atoms with E-state index in [4.69, 9.17) is 4.74 Å². The van der Waals surface area contributed by atoms with Gasteiger partial charge in [-0.2, -0.15) is 0 Å². The van der Waals surface area contributed by atoms with E-state index < -0.39 is 55.9 Å². The summed E-state index contributed by atoms with van der Waals surface area (Å²) in [4.78, 5) is 54.5. The summed E-state index contributed by atoms with van der Waals surface area (Å²) in [5, 5.41) is 5.54. The van der Waals surface area contributed by atoms with Crippen molar-refractivity contribution in [1.82, 2.24) is 20.3 Å². The first kappa shape index (κ1) is 29.4. The average Bonchev–Trinajstić information content (AvgIpc) is 3.68. The molecule has 0 aromatic rings. The number of ether oxygens (including phenoxy) is 1. The number of fused-ring (bicyclic) bond motifs is 2. The minimum absolute atomic E-state index is 0.288. The monoisotopic (exact) mass is 566 g/mol. The smallest absolute Gasteiger partial charge is 0.408 e. The topological polar surface area (TPSA) is 151 Å². The molecule has 1 saturated heterocycles. The van der Waals surface area contributed by atoms with Crippen molar-refractivity contribution >= 4 is 33.8 Å². The van der Waals surface area contributed by atoms with Crippen LogP contribution >= 0.6 is 0 Å². The second-order valence-corrected chi connectivity index (χ2v) is 14.8. The standard InChI is InChI=1S/C27H42N4O7S/c1-25(2,3)38-24(35)28-19-12-9-7-5-6-8-11-18-17-27(18,23(34)30-39(36,37)26(4)14-15-26)29-21(32)20-13-10-16-31(20)22(19)33/h8,11,18-20H,5-7,9-10,12-17H2,1-4H3,(H,28,35)(H,29,32)(H,30,34)/b11-8-/t18-,19+,20+,27?/m1/s1. The van der Waals surface area contributed by atoms with Crippen LogP contribution in [-0.4, -0.2) is 71.6 Å². The van der Waals surface area contributed by atoms with Crippen molar-refractivity contribution in [1.29, 1.82) is 0 Å². The van der Waals surface area contributed by atoms with Crippen LogP contribution in [0, 0.1) is 5.92 Å². The average molecular weight is 567 g/mol. The molecule has 4 atom stereocenters. The molecule has 3 fully saturated rings. The fourth-order valence-electron chi connectivity index (χ4n) is 5.32. The number of nitrogens with zero attached hydrogens (tertiary/aromatic N) is 1. The highest BCUT2D eigenvalue weighted by Crippen LogP contribution is 2.47. The molecule has 0 aromatic carbocycles. The van der Waals surface area contributed by atoms with Gasteiger partial charge in [-0.15, -0.1) is 0 Å². The molecule has 4 amide bonds. The highest BCUT2D eigenvalue weighted by atomic mass is 32.2. The molecule has 12 heteroatoms. The van der Waals surface area contributed by atoms with E-state index in [0.29, 0.717) is 45.1 Å². The number of sulfonamides is 1. The predicted octanol–water partition coefficient (Wildman–Crippen LogP) is 2.26. The van der Waals surface area contributed by atoms with Crippen LogP contribution in [0.25, 0.3) is 0 Å². The third kappa shape index (κ3) is 6.58. The molecular weight excluding hydrogens is 524 g/mol. The highest BCUT2D eigenvalue weighted by molar-refractivity contribution is 7.91. The van der Waals surface area contributed by atoms with Gasteiger partial charge >= 0.3 is 6.09 Å². The van der Waals surface area contributed by atoms with Crippen LogP contribution < -0.4 is 15.4 Å². The lowest BCUT2D eigenvalue weighted by Gasteiger charge is -2.30. The number of carbonyl (C=O) groups is 4. The fraction of sp³-hybridized carbons (Fsp3) is 0.778. The second-order valence-electron chi connectivity index (χ2n) is 12.6. The van der Waals surface area contributed by atoms with Gasteiger partial charge in [0.25, 0.3) is 5.91 Å². The van der Waals surface area contributed by atoms with Gasteiger partial charge in [0.1, 0.15) is 23.2 Å². The summed E-state index contributed by atoms with van der Waals surface area (Å²) in [6.07, 6.45) is 8.96. The Kier molecular flexibility index (Phi) is 8.08. The zero-order chi connectivity index (χ0) is 28.6. The minimum atomic E-state index is -3.88. The largest absolute Gasteiger partial charge is 0.444 e. The van der Waals surface area contributed by atoms with Crippen molar-refractivity contribution in [3.05, 3.63) is 12.2 Å². The third-order valence-corrected chi connectivity index (χ3v) is 10.3. The second kappa shape index (κ2) is 10.7. The Bertz CT molecular complexity index is 1140. The Hall–Kier alpha value is -2.63. The molecule has 11 nitrogen and oxygen atoms in total. The van der Waals surface area contributed by atoms with E-state index in [-0.39, 0.29) is 18.2 Å². The molecule has 0 aromatic heterocycles. The van der Waals surface area contributed by atoms with Crippen LogP contribution in [0.5, 0.6) is 0 Å². The number of hydrogen-bond acceptors (Lipinski definition) is 7. The normalized spacial score (nSPS) is 31.9. The summed E-state index contributed by atoms with van der Waals surface area (Å²) in [6, 6.07) is -1.66. The van der Waals surface area contributed by atoms with E-state index in [9.17, 15) is 27.6 Å². The maximum Gasteiger partial charge on any atom is 0.408 e. The van der Waals surface area contributed by atoms with E-state index >= 15 is 0 Å². The van der Waals surface area contributed by atoms with Crippen molar-refractivity contribution < 1.29 is 32.3 Å². The lowest BCUT2D eigenvalue weighted by molar-refractivity contribution is -0.141. The number of carbonyl (C=O) groups excluding carboxylic acids is 4. The van der Waals surface area contributed by atoms with E-state index in [1.807, 2.05) is 12.2 Å². The molecule has 2 saturated carbocycles. The summed E-state index contributed by atoms with van der Waals surface area (Å²) in [5.74, 6) is -1.92. The number of nitrogens with one attached hydrogen (secondary N) is 3. The Morgan fingerprint density at radius 3 is 2.49 bits per heavy atom. The summed E-state index contributed by atoms with van der Waals surface area (Å²) < 4.78 is 32.2. The Labute approximate surface area is 230 Å². The number of alkyl carbamates (subject to hydrolysis) is 1. The molecule has 2 heterocycles. The highest BCUT2D eigenvalue weighted by Gasteiger charge is 2.62. The van der Waals surface area contributed by atoms with Crippen LogP contribution in [0.4, 0.5) is 4.79 Å². The molecule has 218 valence electrons. The van der Waals surface area contributed by atoms with E-state index in [0.717, 1.165) is 19.3 Å². The zero-order valence-corrected chi connectivity index (χ0v) is 24.2. The molecule has 1 unspecified atom stereocenters. The van der Waals surface area contributed by atoms with Crippen molar-refractivity contribution in [2.75, 3.05) is 6.54 Å². The van der Waals surface area contributed by atoms with Crippen molar-refractivity contribution in [2.45, 2.75) is 120 Å². The van der Waals surface area contributed by atoms with E-state index in [1.165, 1.54) is 4.90 Å². The van der Waals surface area contributed by atoms with Crippen LogP contribution in [0.15, 0.2) is 12.2 Å². The van der Waals surface area contributed by atoms with E-state index in [1.54, 1.807) is 27.7 Å². The molecule has 39 heavy (non-hydrogen) atoms. The first-order valence-electron chi connectivity index (χ1n) is 14.0. The number of amides is 4. The first-order valence-corrected chi connectivity index (χ1v) is 15.5. The summed E-state index contributed by atoms with van der Waals surface area (Å²) in [7, 11) is -3.88. The molecular formula is C27H42N4O7S. The third-order valence-electron chi connectivity index (χ3n) is 8.16. The minimum Gasteiger partial charge on any atom is -0.444 e. The van der Waals surface area contributed by atoms with Gasteiger partial charge in [0.2, 0.25) is 21.8 Å². The van der Waals surface area contributed by atoms with Gasteiger partial charge in [-0.05, 0) is 79.1 Å². The fourth-order valence-corrected chi connectivity index (χ4v) is 6.64. The Balaban J connectivity index is 1.55. The molecule has 0 spiro atoms. The van der Waals surface area contributed by atoms with Gasteiger partial charge in [0.15, 0.2) is 0 Å². The number of allylic oxidation sites excluding steroid dienone is 1. The van der Waals surface area contributed by atoms with E-state index in [2.05, 4.69) is 15.4 Å². The number of rotatable bonds is 4. The lowest BCUT2D eigenvalue weighted by atomic mass is 10.0. The summed E-state index contributed by atoms with van der Waals surface area (Å²) in [5.41, 5.74) is -2.10. The SMILES string of the molecule is CC(C)(C)OC(=O)N[C@H]1CCCCC/C=C\[C@@H]2CC2(C(=O)NS(=O)(=O)C2(C)CC2)NC(=O)[C@@H]2CCCN2C1=O. The molecule has 2 aliphatic carbocycles. The van der Waals surface area contributed by atoms with Gasteiger partial charge in [0, 0.05) is 12.5 Å². The van der Waals surface area contributed by atoms with Crippen LogP contribution in [-0.2, 0) is 29.1 Å². The van der Waals surface area contributed by atoms with Crippen molar-refractivity contribution in [3.63, 3.8) is 0 Å². The Morgan fingerprint density at radius 2 is 1.82 bits per heavy atom. The Morgan fingerprint density at radius 1 is 1.10 bits per heavy atom. The molecule has 4 aliphatic rings. The molecule has 0 radical (unpaired) electrons. The summed E-state index contributed by atoms with van der Waals surface area (Å²) >= 11 is 0. The molecule has 2 aliphatic heterocycles. The van der Waals surface area contributed by atoms with Gasteiger partial charge < -0.3 is 20.3 Å². The molecule has 0 bridgehead atoms. The summed E-state index contributed by atoms with van der Waals surface area (Å²) in [6.45, 7) is 7.17. The van der Waals surface area contributed by atoms with Crippen LogP contribution in [0.2, 0.25) is 0 Å². The lowest BCUT2D eigenvalue weighted by Crippen LogP contribution is -2.58. The first-order chi connectivity index (χ1) is 18.2. The van der Waals surface area contributed by atoms with Crippen LogP contribution in [0.1, 0.15) is 91.9 Å². The maximum absolute atomic E-state index is 13.6. The molecule has 4 rings (SSSR count). The predicted molar refractivity (Wildman–Crippen MR) is 144 cm³/mol. The van der Waals surface area contributed by atoms with Crippen LogP contribution in [0.3, 0.4) is 0 Å². The van der Waals surface area contributed by atoms with Gasteiger partial charge in [-0.3, -0.25) is 19.1 Å². The quantitative estimate of drug-likeness (QED) is 0.442. The van der Waals surface area contributed by atoms with Gasteiger partial charge in [-0.25, -0.2) is 13.2 Å². The molecule has 3 N–H and O–H groups in total. The maximum atomic E-state index is 13.6. The van der Waals surface area contributed by atoms with Crippen molar-refractivity contribution in [3.8, 4) is 0 Å².